The van der Waals surface area contributed by atoms with Crippen molar-refractivity contribution in [3.63, 3.8) is 0 Å². The van der Waals surface area contributed by atoms with Gasteiger partial charge in [-0.1, -0.05) is 0 Å². The van der Waals surface area contributed by atoms with Gasteiger partial charge < -0.3 is 5.73 Å². The number of non-ortho nitro benzene ring substituents is 1. The van der Waals surface area contributed by atoms with Crippen LogP contribution in [0.2, 0.25) is 0 Å². The number of nitrogens with zero attached hydrogens (tertiary/aromatic N) is 3. The second kappa shape index (κ2) is 5.10. The standard InChI is InChI=1S/C14H16N4O3/c1-14(2,15)11-8-12(16-17(3)13(11)19)9-4-6-10(7-5-9)18(20)21/h4-8H,15H2,1-3H3. The minimum absolute atomic E-state index is 0.00273. The Bertz CT molecular complexity index is 742. The molecule has 2 aromatic rings. The first-order chi connectivity index (χ1) is 9.70. The van der Waals surface area contributed by atoms with Gasteiger partial charge in [0.25, 0.3) is 11.2 Å². The van der Waals surface area contributed by atoms with E-state index in [0.29, 0.717) is 16.8 Å². The maximum atomic E-state index is 12.1. The van der Waals surface area contributed by atoms with E-state index in [0.717, 1.165) is 0 Å². The van der Waals surface area contributed by atoms with Crippen molar-refractivity contribution in [3.8, 4) is 11.3 Å². The van der Waals surface area contributed by atoms with E-state index in [1.54, 1.807) is 39.1 Å². The van der Waals surface area contributed by atoms with Crippen LogP contribution in [0.5, 0.6) is 0 Å². The van der Waals surface area contributed by atoms with Gasteiger partial charge in [-0.15, -0.1) is 0 Å². The van der Waals surface area contributed by atoms with Crippen LogP contribution < -0.4 is 11.3 Å². The lowest BCUT2D eigenvalue weighted by Crippen LogP contribution is -2.38. The van der Waals surface area contributed by atoms with E-state index in [1.807, 2.05) is 0 Å². The molecular formula is C14H16N4O3. The summed E-state index contributed by atoms with van der Waals surface area (Å²) >= 11 is 0. The summed E-state index contributed by atoms with van der Waals surface area (Å²) in [5, 5.41) is 14.8. The maximum Gasteiger partial charge on any atom is 0.271 e. The summed E-state index contributed by atoms with van der Waals surface area (Å²) < 4.78 is 1.22. The molecule has 0 aliphatic heterocycles. The largest absolute Gasteiger partial charge is 0.322 e. The summed E-state index contributed by atoms with van der Waals surface area (Å²) in [7, 11) is 1.55. The predicted molar refractivity (Wildman–Crippen MR) is 78.8 cm³/mol. The van der Waals surface area contributed by atoms with Crippen LogP contribution in [0.3, 0.4) is 0 Å². The molecule has 1 aromatic carbocycles. The van der Waals surface area contributed by atoms with Crippen LogP contribution in [0.15, 0.2) is 35.1 Å². The van der Waals surface area contributed by atoms with Crippen LogP contribution in [0.25, 0.3) is 11.3 Å². The molecule has 7 nitrogen and oxygen atoms in total. The molecule has 0 atom stereocenters. The van der Waals surface area contributed by atoms with Gasteiger partial charge in [-0.2, -0.15) is 5.10 Å². The SMILES string of the molecule is Cn1nc(-c2ccc([N+](=O)[O-])cc2)cc(C(C)(C)N)c1=O. The fourth-order valence-corrected chi connectivity index (χ4v) is 1.97. The molecule has 0 saturated heterocycles. The van der Waals surface area contributed by atoms with Gasteiger partial charge >= 0.3 is 0 Å². The molecule has 0 unspecified atom stereocenters. The van der Waals surface area contributed by atoms with Crippen molar-refractivity contribution in [2.24, 2.45) is 12.8 Å². The van der Waals surface area contributed by atoms with Crippen molar-refractivity contribution < 1.29 is 4.92 Å². The topological polar surface area (TPSA) is 104 Å². The Kier molecular flexibility index (Phi) is 3.61. The van der Waals surface area contributed by atoms with E-state index >= 15 is 0 Å². The third-order valence-corrected chi connectivity index (χ3v) is 3.13. The number of nitro groups is 1. The molecule has 2 rings (SSSR count). The zero-order valence-corrected chi connectivity index (χ0v) is 12.0. The molecule has 0 spiro atoms. The summed E-state index contributed by atoms with van der Waals surface area (Å²) in [6, 6.07) is 7.62. The third kappa shape index (κ3) is 2.97. The monoisotopic (exact) mass is 288 g/mol. The maximum absolute atomic E-state index is 12.1. The Balaban J connectivity index is 2.57. The molecule has 110 valence electrons. The average molecular weight is 288 g/mol. The smallest absolute Gasteiger partial charge is 0.271 e. The van der Waals surface area contributed by atoms with Crippen LogP contribution >= 0.6 is 0 Å². The Labute approximate surface area is 121 Å². The fraction of sp³-hybridized carbons (Fsp3) is 0.286. The molecule has 0 radical (unpaired) electrons. The van der Waals surface area contributed by atoms with Crippen molar-refractivity contribution in [1.29, 1.82) is 0 Å². The number of nitrogens with two attached hydrogens (primary N) is 1. The van der Waals surface area contributed by atoms with Gasteiger partial charge in [-0.05, 0) is 32.0 Å². The van der Waals surface area contributed by atoms with Gasteiger partial charge in [0.1, 0.15) is 0 Å². The molecule has 0 amide bonds. The number of nitro benzene ring substituents is 1. The van der Waals surface area contributed by atoms with E-state index in [9.17, 15) is 14.9 Å². The van der Waals surface area contributed by atoms with Gasteiger partial charge in [0.15, 0.2) is 0 Å². The zero-order chi connectivity index (χ0) is 15.8. The minimum atomic E-state index is -0.798. The Hall–Kier alpha value is -2.54. The number of benzene rings is 1. The molecule has 2 N–H and O–H groups in total. The number of aryl methyl sites for hydroxylation is 1. The summed E-state index contributed by atoms with van der Waals surface area (Å²) in [5.74, 6) is 0. The second-order valence-corrected chi connectivity index (χ2v) is 5.40. The predicted octanol–water partition coefficient (Wildman–Crippen LogP) is 1.55. The first-order valence-electron chi connectivity index (χ1n) is 6.32. The first kappa shape index (κ1) is 14.9. The summed E-state index contributed by atoms with van der Waals surface area (Å²) in [4.78, 5) is 22.3. The van der Waals surface area contributed by atoms with Gasteiger partial charge in [0, 0.05) is 35.8 Å². The van der Waals surface area contributed by atoms with E-state index in [4.69, 9.17) is 5.73 Å². The van der Waals surface area contributed by atoms with Crippen LogP contribution in [0.4, 0.5) is 5.69 Å². The number of hydrogen-bond donors (Lipinski definition) is 1. The van der Waals surface area contributed by atoms with Crippen molar-refractivity contribution >= 4 is 5.69 Å². The highest BCUT2D eigenvalue weighted by Gasteiger charge is 2.21. The summed E-state index contributed by atoms with van der Waals surface area (Å²) in [6.45, 7) is 3.48. The van der Waals surface area contributed by atoms with E-state index in [-0.39, 0.29) is 11.2 Å². The van der Waals surface area contributed by atoms with Crippen LogP contribution in [-0.2, 0) is 12.6 Å². The van der Waals surface area contributed by atoms with Crippen molar-refractivity contribution in [3.05, 3.63) is 56.4 Å². The van der Waals surface area contributed by atoms with E-state index in [2.05, 4.69) is 5.10 Å². The Morgan fingerprint density at radius 3 is 2.33 bits per heavy atom. The molecule has 7 heteroatoms. The minimum Gasteiger partial charge on any atom is -0.322 e. The molecule has 0 aliphatic carbocycles. The Morgan fingerprint density at radius 2 is 1.86 bits per heavy atom. The lowest BCUT2D eigenvalue weighted by atomic mass is 9.96. The van der Waals surface area contributed by atoms with Crippen LogP contribution in [0.1, 0.15) is 19.4 Å². The van der Waals surface area contributed by atoms with Crippen LogP contribution in [-0.4, -0.2) is 14.7 Å². The molecule has 1 heterocycles. The molecular weight excluding hydrogens is 272 g/mol. The molecule has 0 saturated carbocycles. The van der Waals surface area contributed by atoms with E-state index in [1.165, 1.54) is 16.8 Å². The number of aromatic nitrogens is 2. The highest BCUT2D eigenvalue weighted by atomic mass is 16.6. The normalized spacial score (nSPS) is 11.4. The molecule has 1 aromatic heterocycles. The average Bonchev–Trinajstić information content (AvgIpc) is 2.40. The third-order valence-electron chi connectivity index (χ3n) is 3.13. The zero-order valence-electron chi connectivity index (χ0n) is 12.0. The van der Waals surface area contributed by atoms with Gasteiger partial charge in [0.05, 0.1) is 10.6 Å². The molecule has 0 aliphatic rings. The fourth-order valence-electron chi connectivity index (χ4n) is 1.97. The van der Waals surface area contributed by atoms with Gasteiger partial charge in [0.2, 0.25) is 0 Å². The van der Waals surface area contributed by atoms with Gasteiger partial charge in [-0.25, -0.2) is 4.68 Å². The highest BCUT2D eigenvalue weighted by molar-refractivity contribution is 5.61. The van der Waals surface area contributed by atoms with Crippen molar-refractivity contribution in [2.45, 2.75) is 19.4 Å². The highest BCUT2D eigenvalue weighted by Crippen LogP contribution is 2.22. The van der Waals surface area contributed by atoms with E-state index < -0.39 is 10.5 Å². The van der Waals surface area contributed by atoms with Crippen molar-refractivity contribution in [2.75, 3.05) is 0 Å². The summed E-state index contributed by atoms with van der Waals surface area (Å²) in [5.41, 5.74) is 6.62. The van der Waals surface area contributed by atoms with Gasteiger partial charge in [-0.3, -0.25) is 14.9 Å². The molecule has 0 fully saturated rings. The number of hydrogen-bond acceptors (Lipinski definition) is 5. The van der Waals surface area contributed by atoms with Crippen molar-refractivity contribution in [1.82, 2.24) is 9.78 Å². The summed E-state index contributed by atoms with van der Waals surface area (Å²) in [6.07, 6.45) is 0. The number of rotatable bonds is 3. The Morgan fingerprint density at radius 1 is 1.29 bits per heavy atom. The van der Waals surface area contributed by atoms with Crippen LogP contribution in [0, 0.1) is 10.1 Å². The lowest BCUT2D eigenvalue weighted by Gasteiger charge is -2.19. The molecule has 21 heavy (non-hydrogen) atoms. The second-order valence-electron chi connectivity index (χ2n) is 5.40. The lowest BCUT2D eigenvalue weighted by molar-refractivity contribution is -0.384. The quantitative estimate of drug-likeness (QED) is 0.681. The first-order valence-corrected chi connectivity index (χ1v) is 6.32. The molecule has 0 bridgehead atoms.